The van der Waals surface area contributed by atoms with Crippen LogP contribution in [0.2, 0.25) is 0 Å². The molecule has 2 aromatic carbocycles. The smallest absolute Gasteiger partial charge is 0.231 e. The summed E-state index contributed by atoms with van der Waals surface area (Å²) in [7, 11) is -4.22. The summed E-state index contributed by atoms with van der Waals surface area (Å²) in [5.74, 6) is -0.452. The van der Waals surface area contributed by atoms with E-state index in [0.717, 1.165) is 9.54 Å². The Labute approximate surface area is 148 Å². The molecule has 1 aromatic heterocycles. The van der Waals surface area contributed by atoms with Crippen LogP contribution in [0.3, 0.4) is 0 Å². The van der Waals surface area contributed by atoms with Crippen molar-refractivity contribution in [2.75, 3.05) is 0 Å². The Kier molecular flexibility index (Phi) is 3.50. The first-order chi connectivity index (χ1) is 12.2. The molecule has 8 heteroatoms. The normalized spacial score (nSPS) is 16.8. The average Bonchev–Trinajstić information content (AvgIpc) is 3.30. The lowest BCUT2D eigenvalue weighted by Gasteiger charge is -2.20. The fourth-order valence-corrected chi connectivity index (χ4v) is 4.67. The van der Waals surface area contributed by atoms with Crippen molar-refractivity contribution < 1.29 is 21.6 Å². The van der Waals surface area contributed by atoms with E-state index in [1.807, 2.05) is 0 Å². The Morgan fingerprint density at radius 1 is 1.04 bits per heavy atom. The fourth-order valence-electron chi connectivity index (χ4n) is 3.12. The molecule has 0 N–H and O–H groups in total. The molecule has 1 fully saturated rings. The van der Waals surface area contributed by atoms with Crippen LogP contribution < -0.4 is 0 Å². The van der Waals surface area contributed by atoms with E-state index in [-0.39, 0.29) is 28.8 Å². The van der Waals surface area contributed by atoms with Crippen LogP contribution in [0.15, 0.2) is 53.4 Å². The molecule has 4 nitrogen and oxygen atoms in total. The number of halogens is 3. The van der Waals surface area contributed by atoms with Gasteiger partial charge in [-0.25, -0.2) is 17.4 Å². The second-order valence-electron chi connectivity index (χ2n) is 6.59. The van der Waals surface area contributed by atoms with Crippen LogP contribution in [-0.2, 0) is 15.4 Å². The molecule has 0 amide bonds. The minimum Gasteiger partial charge on any atom is -0.231 e. The van der Waals surface area contributed by atoms with Crippen LogP contribution in [0.25, 0.3) is 11.0 Å². The third kappa shape index (κ3) is 2.35. The first-order valence-corrected chi connectivity index (χ1v) is 9.48. The van der Waals surface area contributed by atoms with Crippen molar-refractivity contribution in [1.29, 1.82) is 0 Å². The first kappa shape index (κ1) is 17.1. The number of fused-ring (bicyclic) bond motifs is 1. The predicted molar refractivity (Wildman–Crippen MR) is 90.5 cm³/mol. The van der Waals surface area contributed by atoms with Crippen molar-refractivity contribution in [3.63, 3.8) is 0 Å². The van der Waals surface area contributed by atoms with E-state index in [2.05, 4.69) is 4.98 Å². The zero-order valence-corrected chi connectivity index (χ0v) is 14.6. The van der Waals surface area contributed by atoms with E-state index in [1.54, 1.807) is 31.2 Å². The first-order valence-electron chi connectivity index (χ1n) is 8.04. The SMILES string of the molecule is Cc1ccc(S(=O)(=O)n2c(C3(C(F)(F)F)CC3)nc3ccccc32)cc1. The zero-order valence-electron chi connectivity index (χ0n) is 13.8. The number of hydrogen-bond acceptors (Lipinski definition) is 3. The molecular formula is C18H15F3N2O2S. The highest BCUT2D eigenvalue weighted by atomic mass is 32.2. The van der Waals surface area contributed by atoms with Gasteiger partial charge in [0.15, 0.2) is 0 Å². The third-order valence-electron chi connectivity index (χ3n) is 4.80. The van der Waals surface area contributed by atoms with Crippen molar-refractivity contribution in [2.24, 2.45) is 0 Å². The van der Waals surface area contributed by atoms with Crippen molar-refractivity contribution >= 4 is 21.1 Å². The molecule has 0 bridgehead atoms. The molecule has 0 unspecified atom stereocenters. The number of aromatic nitrogens is 2. The lowest BCUT2D eigenvalue weighted by molar-refractivity contribution is -0.162. The van der Waals surface area contributed by atoms with E-state index < -0.39 is 27.4 Å². The zero-order chi connectivity index (χ0) is 18.7. The van der Waals surface area contributed by atoms with E-state index >= 15 is 0 Å². The van der Waals surface area contributed by atoms with Crippen LogP contribution >= 0.6 is 0 Å². The van der Waals surface area contributed by atoms with E-state index in [4.69, 9.17) is 0 Å². The summed E-state index contributed by atoms with van der Waals surface area (Å²) in [5, 5.41) is 0. The van der Waals surface area contributed by atoms with E-state index in [1.165, 1.54) is 24.3 Å². The van der Waals surface area contributed by atoms with E-state index in [0.29, 0.717) is 0 Å². The fraction of sp³-hybridized carbons (Fsp3) is 0.278. The van der Waals surface area contributed by atoms with Gasteiger partial charge in [-0.15, -0.1) is 0 Å². The van der Waals surface area contributed by atoms with Gasteiger partial charge in [-0.3, -0.25) is 0 Å². The summed E-state index contributed by atoms with van der Waals surface area (Å²) in [4.78, 5) is 4.02. The van der Waals surface area contributed by atoms with Gasteiger partial charge in [0.25, 0.3) is 10.0 Å². The molecule has 0 aliphatic heterocycles. The summed E-state index contributed by atoms with van der Waals surface area (Å²) in [6, 6.07) is 12.2. The van der Waals surface area contributed by atoms with Gasteiger partial charge in [0.1, 0.15) is 11.2 Å². The van der Waals surface area contributed by atoms with Crippen LogP contribution in [-0.4, -0.2) is 23.6 Å². The van der Waals surface area contributed by atoms with Crippen molar-refractivity contribution in [1.82, 2.24) is 8.96 Å². The monoisotopic (exact) mass is 380 g/mol. The number of rotatable bonds is 3. The van der Waals surface area contributed by atoms with Crippen molar-refractivity contribution in [2.45, 2.75) is 36.3 Å². The summed E-state index contributed by atoms with van der Waals surface area (Å²) in [6.45, 7) is 1.80. The Bertz CT molecular complexity index is 1100. The molecule has 1 heterocycles. The van der Waals surface area contributed by atoms with Gasteiger partial charge in [0.2, 0.25) is 0 Å². The highest BCUT2D eigenvalue weighted by Gasteiger charge is 2.67. The standard InChI is InChI=1S/C18H15F3N2O2S/c1-12-6-8-13(9-7-12)26(24,25)23-15-5-3-2-4-14(15)22-16(23)17(10-11-17)18(19,20)21/h2-9H,10-11H2,1H3. The predicted octanol–water partition coefficient (Wildman–Crippen LogP) is 4.18. The minimum atomic E-state index is -4.56. The maximum absolute atomic E-state index is 13.7. The minimum absolute atomic E-state index is 0.0644. The highest BCUT2D eigenvalue weighted by Crippen LogP contribution is 2.59. The molecule has 0 saturated heterocycles. The van der Waals surface area contributed by atoms with Gasteiger partial charge in [-0.1, -0.05) is 29.8 Å². The molecule has 4 rings (SSSR count). The second kappa shape index (κ2) is 5.33. The molecule has 3 aromatic rings. The van der Waals surface area contributed by atoms with Crippen LogP contribution in [0.1, 0.15) is 24.2 Å². The average molecular weight is 380 g/mol. The Balaban J connectivity index is 2.03. The lowest BCUT2D eigenvalue weighted by Crippen LogP contribution is -2.33. The van der Waals surface area contributed by atoms with Gasteiger partial charge < -0.3 is 0 Å². The molecule has 136 valence electrons. The number of alkyl halides is 3. The van der Waals surface area contributed by atoms with Crippen LogP contribution in [0, 0.1) is 6.92 Å². The summed E-state index contributed by atoms with van der Waals surface area (Å²) < 4.78 is 68.2. The molecule has 0 atom stereocenters. The summed E-state index contributed by atoms with van der Waals surface area (Å²) in [6.07, 6.45) is -4.89. The van der Waals surface area contributed by atoms with Crippen LogP contribution in [0.5, 0.6) is 0 Å². The van der Waals surface area contributed by atoms with Gasteiger partial charge in [-0.2, -0.15) is 13.2 Å². The number of hydrogen-bond donors (Lipinski definition) is 0. The molecule has 0 radical (unpaired) electrons. The Morgan fingerprint density at radius 3 is 2.23 bits per heavy atom. The topological polar surface area (TPSA) is 52.0 Å². The largest absolute Gasteiger partial charge is 0.401 e. The maximum atomic E-state index is 13.7. The number of para-hydroxylation sites is 2. The summed E-state index contributed by atoms with van der Waals surface area (Å²) >= 11 is 0. The van der Waals surface area contributed by atoms with Crippen molar-refractivity contribution in [3.8, 4) is 0 Å². The maximum Gasteiger partial charge on any atom is 0.401 e. The lowest BCUT2D eigenvalue weighted by atomic mass is 10.1. The third-order valence-corrected chi connectivity index (χ3v) is 6.52. The molecule has 1 aliphatic carbocycles. The Hall–Kier alpha value is -2.35. The molecule has 1 saturated carbocycles. The highest BCUT2D eigenvalue weighted by molar-refractivity contribution is 7.90. The Morgan fingerprint density at radius 2 is 1.65 bits per heavy atom. The van der Waals surface area contributed by atoms with Gasteiger partial charge in [0.05, 0.1) is 15.9 Å². The second-order valence-corrected chi connectivity index (χ2v) is 8.37. The molecule has 0 spiro atoms. The molecular weight excluding hydrogens is 365 g/mol. The number of imidazole rings is 1. The quantitative estimate of drug-likeness (QED) is 0.685. The van der Waals surface area contributed by atoms with E-state index in [9.17, 15) is 21.6 Å². The van der Waals surface area contributed by atoms with Gasteiger partial charge >= 0.3 is 6.18 Å². The molecule has 1 aliphatic rings. The number of aryl methyl sites for hydroxylation is 1. The van der Waals surface area contributed by atoms with Crippen molar-refractivity contribution in [3.05, 3.63) is 59.9 Å². The number of nitrogens with zero attached hydrogens (tertiary/aromatic N) is 2. The van der Waals surface area contributed by atoms with Crippen LogP contribution in [0.4, 0.5) is 13.2 Å². The number of benzene rings is 2. The molecule has 26 heavy (non-hydrogen) atoms. The van der Waals surface area contributed by atoms with Gasteiger partial charge in [0, 0.05) is 0 Å². The summed E-state index contributed by atoms with van der Waals surface area (Å²) in [5.41, 5.74) is -0.968. The van der Waals surface area contributed by atoms with Gasteiger partial charge in [-0.05, 0) is 44.0 Å².